The van der Waals surface area contributed by atoms with E-state index in [1.54, 1.807) is 25.1 Å². The molecule has 2 aromatic rings. The third kappa shape index (κ3) is 2.64. The second-order valence-corrected chi connectivity index (χ2v) is 7.06. The fourth-order valence-corrected chi connectivity index (χ4v) is 3.51. The summed E-state index contributed by atoms with van der Waals surface area (Å²) in [7, 11) is 0. The molecule has 128 valence electrons. The zero-order valence-electron chi connectivity index (χ0n) is 13.4. The molecular weight excluding hydrogens is 388 g/mol. The molecule has 1 unspecified atom stereocenters. The molecule has 0 radical (unpaired) electrons. The predicted molar refractivity (Wildman–Crippen MR) is 93.1 cm³/mol. The molecule has 25 heavy (non-hydrogen) atoms. The second-order valence-electron chi connectivity index (χ2n) is 6.14. The number of urea groups is 1. The molecule has 2 aliphatic rings. The van der Waals surface area contributed by atoms with Crippen LogP contribution in [0.15, 0.2) is 46.9 Å². The fourth-order valence-electron chi connectivity index (χ4n) is 3.06. The van der Waals surface area contributed by atoms with Gasteiger partial charge in [0.1, 0.15) is 5.54 Å². The molecule has 1 atom stereocenters. The Kier molecular flexibility index (Phi) is 3.68. The van der Waals surface area contributed by atoms with Crippen LogP contribution in [0.3, 0.4) is 0 Å². The third-order valence-corrected chi connectivity index (χ3v) is 4.95. The van der Waals surface area contributed by atoms with Gasteiger partial charge in [-0.2, -0.15) is 0 Å². The summed E-state index contributed by atoms with van der Waals surface area (Å²) < 4.78 is 11.6. The highest BCUT2D eigenvalue weighted by molar-refractivity contribution is 9.10. The maximum Gasteiger partial charge on any atom is 0.325 e. The van der Waals surface area contributed by atoms with Crippen LogP contribution in [-0.2, 0) is 16.9 Å². The predicted octanol–water partition coefficient (Wildman–Crippen LogP) is 3.15. The number of nitrogens with zero attached hydrogens (tertiary/aromatic N) is 1. The monoisotopic (exact) mass is 402 g/mol. The number of fused-ring (bicyclic) bond motifs is 1. The first-order chi connectivity index (χ1) is 12.0. The van der Waals surface area contributed by atoms with Gasteiger partial charge in [0.15, 0.2) is 11.5 Å². The first kappa shape index (κ1) is 16.0. The smallest absolute Gasteiger partial charge is 0.325 e. The van der Waals surface area contributed by atoms with Crippen LogP contribution in [0.4, 0.5) is 4.79 Å². The largest absolute Gasteiger partial charge is 0.454 e. The van der Waals surface area contributed by atoms with E-state index in [2.05, 4.69) is 21.2 Å². The number of benzene rings is 2. The van der Waals surface area contributed by atoms with E-state index in [-0.39, 0.29) is 19.2 Å². The molecule has 0 spiro atoms. The number of hydrogen-bond acceptors (Lipinski definition) is 4. The lowest BCUT2D eigenvalue weighted by Gasteiger charge is -2.22. The van der Waals surface area contributed by atoms with E-state index in [9.17, 15) is 9.59 Å². The highest BCUT2D eigenvalue weighted by Gasteiger charge is 2.49. The first-order valence-corrected chi connectivity index (χ1v) is 8.55. The summed E-state index contributed by atoms with van der Waals surface area (Å²) in [6, 6.07) is 12.4. The molecule has 0 bridgehead atoms. The van der Waals surface area contributed by atoms with E-state index in [1.807, 2.05) is 24.3 Å². The average Bonchev–Trinajstić information content (AvgIpc) is 3.13. The first-order valence-electron chi connectivity index (χ1n) is 7.76. The number of rotatable bonds is 3. The van der Waals surface area contributed by atoms with Gasteiger partial charge in [-0.05, 0) is 42.3 Å². The Balaban J connectivity index is 1.63. The summed E-state index contributed by atoms with van der Waals surface area (Å²) in [6.07, 6.45) is 0. The maximum atomic E-state index is 13.0. The molecule has 2 aliphatic heterocycles. The van der Waals surface area contributed by atoms with Crippen LogP contribution in [0.5, 0.6) is 11.5 Å². The highest BCUT2D eigenvalue weighted by Crippen LogP contribution is 2.38. The Morgan fingerprint density at radius 1 is 1.16 bits per heavy atom. The molecule has 0 aliphatic carbocycles. The normalized spacial score (nSPS) is 21.6. The number of carbonyl (C=O) groups is 2. The standard InChI is InChI=1S/C18H15BrN2O4/c1-18(12-5-6-14-15(8-12)25-10-24-14)16(22)21(17(23)20-18)9-11-3-2-4-13(19)7-11/h2-8H,9-10H2,1H3,(H,20,23). The van der Waals surface area contributed by atoms with Crippen molar-refractivity contribution >= 4 is 27.9 Å². The van der Waals surface area contributed by atoms with Crippen molar-refractivity contribution in [3.63, 3.8) is 0 Å². The van der Waals surface area contributed by atoms with Gasteiger partial charge in [-0.15, -0.1) is 0 Å². The molecule has 3 amide bonds. The van der Waals surface area contributed by atoms with Crippen LogP contribution in [0, 0.1) is 0 Å². The molecule has 6 nitrogen and oxygen atoms in total. The number of ether oxygens (including phenoxy) is 2. The van der Waals surface area contributed by atoms with E-state index >= 15 is 0 Å². The third-order valence-electron chi connectivity index (χ3n) is 4.45. The van der Waals surface area contributed by atoms with Gasteiger partial charge in [-0.3, -0.25) is 9.69 Å². The zero-order chi connectivity index (χ0) is 17.6. The summed E-state index contributed by atoms with van der Waals surface area (Å²) in [6.45, 7) is 2.07. The van der Waals surface area contributed by atoms with Crippen LogP contribution >= 0.6 is 15.9 Å². The minimum atomic E-state index is -1.13. The van der Waals surface area contributed by atoms with Crippen molar-refractivity contribution < 1.29 is 19.1 Å². The molecule has 0 aromatic heterocycles. The summed E-state index contributed by atoms with van der Waals surface area (Å²) in [5.41, 5.74) is 0.393. The molecular formula is C18H15BrN2O4. The Bertz CT molecular complexity index is 885. The van der Waals surface area contributed by atoms with Gasteiger partial charge in [-0.1, -0.05) is 34.1 Å². The number of hydrogen-bond donors (Lipinski definition) is 1. The maximum absolute atomic E-state index is 13.0. The summed E-state index contributed by atoms with van der Waals surface area (Å²) in [5.74, 6) is 0.915. The molecule has 1 fully saturated rings. The molecule has 2 heterocycles. The Morgan fingerprint density at radius 2 is 1.96 bits per heavy atom. The van der Waals surface area contributed by atoms with Crippen LogP contribution < -0.4 is 14.8 Å². The number of halogens is 1. The summed E-state index contributed by atoms with van der Waals surface area (Å²) in [4.78, 5) is 26.6. The summed E-state index contributed by atoms with van der Waals surface area (Å²) >= 11 is 3.40. The lowest BCUT2D eigenvalue weighted by Crippen LogP contribution is -2.40. The number of amides is 3. The van der Waals surface area contributed by atoms with E-state index in [0.29, 0.717) is 17.1 Å². The Labute approximate surface area is 152 Å². The van der Waals surface area contributed by atoms with Gasteiger partial charge in [0.2, 0.25) is 6.79 Å². The van der Waals surface area contributed by atoms with E-state index in [1.165, 1.54) is 4.90 Å². The SMILES string of the molecule is CC1(c2ccc3c(c2)OCO3)NC(=O)N(Cc2cccc(Br)c2)C1=O. The number of imide groups is 1. The minimum Gasteiger partial charge on any atom is -0.454 e. The van der Waals surface area contributed by atoms with Crippen LogP contribution in [0.1, 0.15) is 18.1 Å². The lowest BCUT2D eigenvalue weighted by molar-refractivity contribution is -0.131. The van der Waals surface area contributed by atoms with E-state index < -0.39 is 11.6 Å². The Morgan fingerprint density at radius 3 is 2.76 bits per heavy atom. The van der Waals surface area contributed by atoms with Crippen molar-refractivity contribution in [1.29, 1.82) is 0 Å². The summed E-state index contributed by atoms with van der Waals surface area (Å²) in [5, 5.41) is 2.80. The minimum absolute atomic E-state index is 0.158. The van der Waals surface area contributed by atoms with Gasteiger partial charge in [0.25, 0.3) is 5.91 Å². The second kappa shape index (κ2) is 5.77. The molecule has 1 N–H and O–H groups in total. The van der Waals surface area contributed by atoms with Crippen LogP contribution in [0.25, 0.3) is 0 Å². The molecule has 4 rings (SSSR count). The molecule has 7 heteroatoms. The molecule has 1 saturated heterocycles. The van der Waals surface area contributed by atoms with Crippen molar-refractivity contribution in [1.82, 2.24) is 10.2 Å². The van der Waals surface area contributed by atoms with Gasteiger partial charge < -0.3 is 14.8 Å². The zero-order valence-corrected chi connectivity index (χ0v) is 15.0. The van der Waals surface area contributed by atoms with Gasteiger partial charge in [-0.25, -0.2) is 4.79 Å². The van der Waals surface area contributed by atoms with Crippen LogP contribution in [-0.4, -0.2) is 23.6 Å². The van der Waals surface area contributed by atoms with E-state index in [4.69, 9.17) is 9.47 Å². The number of nitrogens with one attached hydrogen (secondary N) is 1. The van der Waals surface area contributed by atoms with Crippen molar-refractivity contribution in [2.75, 3.05) is 6.79 Å². The average molecular weight is 403 g/mol. The molecule has 0 saturated carbocycles. The van der Waals surface area contributed by atoms with E-state index in [0.717, 1.165) is 10.0 Å². The Hall–Kier alpha value is -2.54. The number of carbonyl (C=O) groups excluding carboxylic acids is 2. The highest BCUT2D eigenvalue weighted by atomic mass is 79.9. The van der Waals surface area contributed by atoms with Gasteiger partial charge in [0, 0.05) is 4.47 Å². The van der Waals surface area contributed by atoms with Gasteiger partial charge >= 0.3 is 6.03 Å². The van der Waals surface area contributed by atoms with Crippen LogP contribution in [0.2, 0.25) is 0 Å². The van der Waals surface area contributed by atoms with Gasteiger partial charge in [0.05, 0.1) is 6.54 Å². The van der Waals surface area contributed by atoms with Crippen molar-refractivity contribution in [3.8, 4) is 11.5 Å². The topological polar surface area (TPSA) is 67.9 Å². The fraction of sp³-hybridized carbons (Fsp3) is 0.222. The lowest BCUT2D eigenvalue weighted by atomic mass is 9.91. The van der Waals surface area contributed by atoms with Crippen molar-refractivity contribution in [3.05, 3.63) is 58.1 Å². The quantitative estimate of drug-likeness (QED) is 0.800. The van der Waals surface area contributed by atoms with Crippen molar-refractivity contribution in [2.45, 2.75) is 19.0 Å². The molecule has 2 aromatic carbocycles. The van der Waals surface area contributed by atoms with Crippen molar-refractivity contribution in [2.24, 2.45) is 0 Å².